The van der Waals surface area contributed by atoms with Crippen LogP contribution in [-0.4, -0.2) is 10.6 Å². The van der Waals surface area contributed by atoms with Crippen LogP contribution >= 0.6 is 0 Å². The van der Waals surface area contributed by atoms with Gasteiger partial charge in [0.1, 0.15) is 12.2 Å². The number of carbonyl (C=O) groups is 1. The monoisotopic (exact) mass is 348 g/mol. The summed E-state index contributed by atoms with van der Waals surface area (Å²) in [6.07, 6.45) is 1.50. The van der Waals surface area contributed by atoms with E-state index < -0.39 is 11.5 Å². The summed E-state index contributed by atoms with van der Waals surface area (Å²) in [5.41, 5.74) is 3.20. The lowest BCUT2D eigenvalue weighted by Gasteiger charge is -2.12. The van der Waals surface area contributed by atoms with Gasteiger partial charge in [-0.25, -0.2) is 0 Å². The van der Waals surface area contributed by atoms with Crippen molar-refractivity contribution in [2.24, 2.45) is 0 Å². The first-order chi connectivity index (χ1) is 12.6. The van der Waals surface area contributed by atoms with Gasteiger partial charge < -0.3 is 10.2 Å². The Bertz CT molecular complexity index is 978. The summed E-state index contributed by atoms with van der Waals surface area (Å²) in [7, 11) is 0. The Kier molecular flexibility index (Phi) is 5.17. The number of benzene rings is 2. The highest BCUT2D eigenvalue weighted by Gasteiger charge is 2.14. The highest BCUT2D eigenvalue weighted by molar-refractivity contribution is 6.04. The molecule has 1 N–H and O–H groups in total. The van der Waals surface area contributed by atoms with Crippen molar-refractivity contribution in [2.45, 2.75) is 20.5 Å². The average Bonchev–Trinajstić information content (AvgIpc) is 2.65. The van der Waals surface area contributed by atoms with Gasteiger partial charge in [-0.15, -0.1) is 0 Å². The van der Waals surface area contributed by atoms with E-state index in [-0.39, 0.29) is 12.2 Å². The Morgan fingerprint density at radius 1 is 1.00 bits per heavy atom. The molecule has 0 unspecified atom stereocenters. The Morgan fingerprint density at radius 3 is 2.54 bits per heavy atom. The molecule has 3 rings (SSSR count). The number of carbonyl (C=O) groups excluding carboxylic acids is 1. The van der Waals surface area contributed by atoms with E-state index in [1.807, 2.05) is 62.4 Å². The highest BCUT2D eigenvalue weighted by atomic mass is 16.7. The maximum absolute atomic E-state index is 12.6. The van der Waals surface area contributed by atoms with Crippen molar-refractivity contribution < 1.29 is 9.63 Å². The fraction of sp³-hybridized carbons (Fsp3) is 0.143. The van der Waals surface area contributed by atoms with Crippen LogP contribution in [0, 0.1) is 13.8 Å². The molecule has 2 aromatic carbocycles. The van der Waals surface area contributed by atoms with Crippen LogP contribution in [0.4, 0.5) is 5.69 Å². The van der Waals surface area contributed by atoms with E-state index in [9.17, 15) is 9.59 Å². The number of hydrogen-bond acceptors (Lipinski definition) is 3. The molecule has 0 saturated heterocycles. The van der Waals surface area contributed by atoms with Gasteiger partial charge in [0.25, 0.3) is 11.5 Å². The van der Waals surface area contributed by atoms with Crippen LogP contribution < -0.4 is 15.7 Å². The number of aryl methyl sites for hydroxylation is 1. The van der Waals surface area contributed by atoms with E-state index >= 15 is 0 Å². The zero-order chi connectivity index (χ0) is 18.5. The number of amides is 1. The van der Waals surface area contributed by atoms with Gasteiger partial charge in [0.05, 0.1) is 0 Å². The van der Waals surface area contributed by atoms with Crippen LogP contribution in [-0.2, 0) is 6.61 Å². The summed E-state index contributed by atoms with van der Waals surface area (Å²) in [6, 6.07) is 18.3. The second kappa shape index (κ2) is 7.70. The minimum atomic E-state index is -0.494. The molecule has 3 aromatic rings. The van der Waals surface area contributed by atoms with Crippen LogP contribution in [0.3, 0.4) is 0 Å². The molecule has 0 saturated carbocycles. The maximum atomic E-state index is 12.6. The van der Waals surface area contributed by atoms with E-state index in [0.29, 0.717) is 5.69 Å². The van der Waals surface area contributed by atoms with Gasteiger partial charge in [-0.2, -0.15) is 4.73 Å². The molecule has 5 nitrogen and oxygen atoms in total. The Balaban J connectivity index is 1.79. The van der Waals surface area contributed by atoms with Gasteiger partial charge in [-0.05, 0) is 48.7 Å². The maximum Gasteiger partial charge on any atom is 0.295 e. The van der Waals surface area contributed by atoms with Crippen molar-refractivity contribution in [3.63, 3.8) is 0 Å². The van der Waals surface area contributed by atoms with Crippen LogP contribution in [0.1, 0.15) is 27.0 Å². The minimum Gasteiger partial charge on any atom is -0.406 e. The molecule has 1 amide bonds. The standard InChI is InChI=1S/C21H20N2O3/c1-15-8-6-12-19(16(15)2)22-20(24)18-11-7-13-23(21(18)25)26-14-17-9-4-3-5-10-17/h3-13H,14H2,1-2H3,(H,22,24). The lowest BCUT2D eigenvalue weighted by atomic mass is 10.1. The highest BCUT2D eigenvalue weighted by Crippen LogP contribution is 2.18. The summed E-state index contributed by atoms with van der Waals surface area (Å²) in [5.74, 6) is -0.457. The van der Waals surface area contributed by atoms with Crippen LogP contribution in [0.2, 0.25) is 0 Å². The van der Waals surface area contributed by atoms with Gasteiger partial charge in [-0.1, -0.05) is 42.5 Å². The fourth-order valence-corrected chi connectivity index (χ4v) is 2.54. The third kappa shape index (κ3) is 3.83. The molecule has 132 valence electrons. The first kappa shape index (κ1) is 17.5. The number of anilines is 1. The molecule has 0 fully saturated rings. The molecular weight excluding hydrogens is 328 g/mol. The SMILES string of the molecule is Cc1cccc(NC(=O)c2cccn(OCc3ccccc3)c2=O)c1C. The Morgan fingerprint density at radius 2 is 1.77 bits per heavy atom. The quantitative estimate of drug-likeness (QED) is 0.769. The van der Waals surface area contributed by atoms with Crippen molar-refractivity contribution in [3.05, 3.63) is 99.5 Å². The second-order valence-corrected chi connectivity index (χ2v) is 6.01. The summed E-state index contributed by atoms with van der Waals surface area (Å²) in [5, 5.41) is 2.80. The minimum absolute atomic E-state index is 0.0291. The Labute approximate surface area is 151 Å². The topological polar surface area (TPSA) is 60.3 Å². The third-order valence-corrected chi connectivity index (χ3v) is 4.23. The zero-order valence-corrected chi connectivity index (χ0v) is 14.7. The molecule has 5 heteroatoms. The molecule has 1 aromatic heterocycles. The van der Waals surface area contributed by atoms with Gasteiger partial charge >= 0.3 is 0 Å². The molecule has 0 aliphatic rings. The van der Waals surface area contributed by atoms with E-state index in [2.05, 4.69) is 5.32 Å². The smallest absolute Gasteiger partial charge is 0.295 e. The molecule has 0 radical (unpaired) electrons. The summed E-state index contributed by atoms with van der Waals surface area (Å²) >= 11 is 0. The fourth-order valence-electron chi connectivity index (χ4n) is 2.54. The van der Waals surface area contributed by atoms with E-state index in [4.69, 9.17) is 4.84 Å². The summed E-state index contributed by atoms with van der Waals surface area (Å²) in [4.78, 5) is 30.6. The number of hydrogen-bond donors (Lipinski definition) is 1. The first-order valence-corrected chi connectivity index (χ1v) is 8.32. The van der Waals surface area contributed by atoms with Gasteiger partial charge in [0.2, 0.25) is 0 Å². The molecule has 0 aliphatic carbocycles. The number of pyridine rings is 1. The number of rotatable bonds is 5. The van der Waals surface area contributed by atoms with Crippen molar-refractivity contribution in [1.82, 2.24) is 4.73 Å². The number of nitrogens with zero attached hydrogens (tertiary/aromatic N) is 1. The largest absolute Gasteiger partial charge is 0.406 e. The van der Waals surface area contributed by atoms with E-state index in [1.165, 1.54) is 12.3 Å². The molecular formula is C21H20N2O3. The van der Waals surface area contributed by atoms with Crippen molar-refractivity contribution in [2.75, 3.05) is 5.32 Å². The third-order valence-electron chi connectivity index (χ3n) is 4.23. The molecule has 0 aliphatic heterocycles. The predicted octanol–water partition coefficient (Wildman–Crippen LogP) is 3.35. The number of nitrogens with one attached hydrogen (secondary N) is 1. The predicted molar refractivity (Wildman–Crippen MR) is 101 cm³/mol. The van der Waals surface area contributed by atoms with Gasteiger partial charge in [-0.3, -0.25) is 9.59 Å². The normalized spacial score (nSPS) is 10.4. The number of aromatic nitrogens is 1. The second-order valence-electron chi connectivity index (χ2n) is 6.01. The van der Waals surface area contributed by atoms with E-state index in [1.54, 1.807) is 6.07 Å². The lowest BCUT2D eigenvalue weighted by molar-refractivity contribution is 0.0863. The van der Waals surface area contributed by atoms with Crippen molar-refractivity contribution in [3.8, 4) is 0 Å². The molecule has 0 bridgehead atoms. The molecule has 26 heavy (non-hydrogen) atoms. The van der Waals surface area contributed by atoms with Gasteiger partial charge in [0.15, 0.2) is 0 Å². The van der Waals surface area contributed by atoms with Crippen LogP contribution in [0.25, 0.3) is 0 Å². The van der Waals surface area contributed by atoms with Gasteiger partial charge in [0, 0.05) is 11.9 Å². The average molecular weight is 348 g/mol. The first-order valence-electron chi connectivity index (χ1n) is 8.32. The van der Waals surface area contributed by atoms with E-state index in [0.717, 1.165) is 21.4 Å². The van der Waals surface area contributed by atoms with Crippen molar-refractivity contribution >= 4 is 11.6 Å². The molecule has 0 atom stereocenters. The molecule has 0 spiro atoms. The Hall–Kier alpha value is -3.34. The van der Waals surface area contributed by atoms with Crippen LogP contribution in [0.5, 0.6) is 0 Å². The van der Waals surface area contributed by atoms with Crippen LogP contribution in [0.15, 0.2) is 71.7 Å². The van der Waals surface area contributed by atoms with Crippen molar-refractivity contribution in [1.29, 1.82) is 0 Å². The molecule has 1 heterocycles. The summed E-state index contributed by atoms with van der Waals surface area (Å²) in [6.45, 7) is 4.14. The zero-order valence-electron chi connectivity index (χ0n) is 14.7. The lowest BCUT2D eigenvalue weighted by Crippen LogP contribution is -2.32. The summed E-state index contributed by atoms with van der Waals surface area (Å²) < 4.78 is 1.09.